The fraction of sp³-hybridized carbons (Fsp3) is 0.350. The first kappa shape index (κ1) is 20.7. The van der Waals surface area contributed by atoms with E-state index in [2.05, 4.69) is 43.3 Å². The van der Waals surface area contributed by atoms with Gasteiger partial charge in [-0.05, 0) is 56.1 Å². The lowest BCUT2D eigenvalue weighted by atomic mass is 9.67. The van der Waals surface area contributed by atoms with Gasteiger partial charge in [0.1, 0.15) is 0 Å². The Morgan fingerprint density at radius 3 is 2.46 bits per heavy atom. The third kappa shape index (κ3) is 5.18. The molecule has 0 N–H and O–H groups in total. The first-order valence-electron chi connectivity index (χ1n) is 8.75. The van der Waals surface area contributed by atoms with Crippen molar-refractivity contribution in [3.8, 4) is 11.1 Å². The number of hydrogen-bond donors (Lipinski definition) is 0. The Morgan fingerprint density at radius 2 is 1.88 bits per heavy atom. The number of carbonyl (C=O) groups excluding carboxylic acids is 1. The molecule has 0 aromatic heterocycles. The fourth-order valence-electron chi connectivity index (χ4n) is 2.93. The van der Waals surface area contributed by atoms with Gasteiger partial charge in [-0.25, -0.2) is 0 Å². The number of carbonyl (C=O) groups is 1. The van der Waals surface area contributed by atoms with Crippen LogP contribution in [-0.2, 0) is 11.3 Å². The van der Waals surface area contributed by atoms with E-state index in [1.807, 2.05) is 36.1 Å². The van der Waals surface area contributed by atoms with Gasteiger partial charge in [-0.1, -0.05) is 48.3 Å². The number of aryl methyl sites for hydroxylation is 1. The molecule has 0 fully saturated rings. The van der Waals surface area contributed by atoms with Crippen LogP contribution in [0.25, 0.3) is 11.1 Å². The number of rotatable bonds is 7. The molecule has 0 saturated carbocycles. The number of benzene rings is 2. The van der Waals surface area contributed by atoms with E-state index in [0.717, 1.165) is 10.5 Å². The normalized spacial score (nSPS) is 11.0. The summed E-state index contributed by atoms with van der Waals surface area (Å²) in [6.45, 7) is 8.46. The van der Waals surface area contributed by atoms with E-state index in [-0.39, 0.29) is 11.9 Å². The van der Waals surface area contributed by atoms with E-state index in [4.69, 9.17) is 7.74 Å². The van der Waals surface area contributed by atoms with Crippen LogP contribution in [0.1, 0.15) is 31.9 Å². The molecule has 0 bridgehead atoms. The number of amides is 1. The summed E-state index contributed by atoms with van der Waals surface area (Å²) in [6.07, 6.45) is 0. The van der Waals surface area contributed by atoms with Crippen molar-refractivity contribution in [1.82, 2.24) is 9.12 Å². The summed E-state index contributed by atoms with van der Waals surface area (Å²) in [7, 11) is 9.09. The molecule has 0 heterocycles. The smallest absolute Gasteiger partial charge is 0.219 e. The summed E-state index contributed by atoms with van der Waals surface area (Å²) < 4.78 is 1.88. The predicted octanol–water partition coefficient (Wildman–Crippen LogP) is 4.06. The monoisotopic (exact) mass is 363 g/mol. The maximum absolute atomic E-state index is 11.8. The molecule has 0 unspecified atom stereocenters. The molecule has 2 aromatic rings. The van der Waals surface area contributed by atoms with Gasteiger partial charge in [0, 0.05) is 32.1 Å². The Balaban J connectivity index is 2.32. The average Bonchev–Trinajstić information content (AvgIpc) is 2.60. The van der Waals surface area contributed by atoms with Crippen LogP contribution >= 0.6 is 11.9 Å². The van der Waals surface area contributed by atoms with Gasteiger partial charge in [0.05, 0.1) is 0 Å². The molecular weight excluding hydrogens is 338 g/mol. The molecule has 2 aromatic carbocycles. The van der Waals surface area contributed by atoms with E-state index in [0.29, 0.717) is 6.54 Å². The molecule has 0 atom stereocenters. The Hall–Kier alpha value is -1.65. The van der Waals surface area contributed by atoms with Gasteiger partial charge >= 0.3 is 0 Å². The summed E-state index contributed by atoms with van der Waals surface area (Å²) >= 11 is 1.60. The van der Waals surface area contributed by atoms with E-state index >= 15 is 0 Å². The van der Waals surface area contributed by atoms with Crippen molar-refractivity contribution in [1.29, 1.82) is 0 Å². The zero-order chi connectivity index (χ0) is 19.3. The maximum atomic E-state index is 11.8. The molecule has 2 rings (SSSR count). The minimum atomic E-state index is 0.101. The highest BCUT2D eigenvalue weighted by Crippen LogP contribution is 2.34. The van der Waals surface area contributed by atoms with Gasteiger partial charge < -0.3 is 9.12 Å². The molecular formula is C20H25B2N2OS. The second-order valence-electron chi connectivity index (χ2n) is 6.67. The molecule has 0 aliphatic carbocycles. The van der Waals surface area contributed by atoms with Gasteiger partial charge in [0.2, 0.25) is 5.91 Å². The van der Waals surface area contributed by atoms with Crippen LogP contribution in [-0.4, -0.2) is 43.2 Å². The largest absolute Gasteiger partial charge is 0.336 e. The van der Waals surface area contributed by atoms with Crippen LogP contribution in [0.15, 0.2) is 47.4 Å². The van der Waals surface area contributed by atoms with E-state index in [1.165, 1.54) is 16.7 Å². The topological polar surface area (TPSA) is 23.6 Å². The highest BCUT2D eigenvalue weighted by Gasteiger charge is 2.15. The molecule has 1 amide bonds. The molecule has 6 heteroatoms. The fourth-order valence-corrected chi connectivity index (χ4v) is 3.72. The molecule has 0 saturated heterocycles. The predicted molar refractivity (Wildman–Crippen MR) is 113 cm³/mol. The second-order valence-corrected chi connectivity index (χ2v) is 7.87. The van der Waals surface area contributed by atoms with Crippen LogP contribution in [0.3, 0.4) is 0 Å². The van der Waals surface area contributed by atoms with E-state index < -0.39 is 0 Å². The number of hydrogen-bond acceptors (Lipinski definition) is 3. The zero-order valence-electron chi connectivity index (χ0n) is 16.2. The van der Waals surface area contributed by atoms with E-state index in [9.17, 15) is 4.79 Å². The maximum Gasteiger partial charge on any atom is 0.219 e. The molecule has 0 aliphatic rings. The summed E-state index contributed by atoms with van der Waals surface area (Å²) in [6, 6.07) is 14.9. The van der Waals surface area contributed by atoms with Crippen LogP contribution in [0.2, 0.25) is 0 Å². The Morgan fingerprint density at radius 1 is 1.19 bits per heavy atom. The Kier molecular flexibility index (Phi) is 7.42. The molecule has 3 radical (unpaired) electrons. The summed E-state index contributed by atoms with van der Waals surface area (Å²) in [5, 5.41) is 0. The summed E-state index contributed by atoms with van der Waals surface area (Å²) in [5.74, 6) is 0.101. The van der Waals surface area contributed by atoms with Crippen molar-refractivity contribution in [2.45, 2.75) is 45.2 Å². The van der Waals surface area contributed by atoms with Gasteiger partial charge in [-0.15, -0.1) is 0 Å². The lowest BCUT2D eigenvalue weighted by Crippen LogP contribution is -2.34. The summed E-state index contributed by atoms with van der Waals surface area (Å²) in [4.78, 5) is 14.9. The standard InChI is InChI=1S/C20H25B2N2OS/c1-14(2)24(16(4)25)13-17-10-11-18(15(3)12-17)19-8-6-7-9-20(19)26-23(5)22-21/h6-12,14H,13H2,1-5H3. The number of nitrogens with zero attached hydrogens (tertiary/aromatic N) is 2. The second kappa shape index (κ2) is 9.33. The van der Waals surface area contributed by atoms with Crippen LogP contribution in [0, 0.1) is 6.92 Å². The molecule has 26 heavy (non-hydrogen) atoms. The lowest BCUT2D eigenvalue weighted by molar-refractivity contribution is -0.131. The molecule has 0 aliphatic heterocycles. The van der Waals surface area contributed by atoms with Crippen molar-refractivity contribution in [2.24, 2.45) is 0 Å². The highest BCUT2D eigenvalue weighted by molar-refractivity contribution is 7.98. The highest BCUT2D eigenvalue weighted by atomic mass is 32.2. The third-order valence-corrected chi connectivity index (χ3v) is 5.26. The van der Waals surface area contributed by atoms with E-state index in [1.54, 1.807) is 26.2 Å². The zero-order valence-corrected chi connectivity index (χ0v) is 17.0. The Bertz CT molecular complexity index is 767. The van der Waals surface area contributed by atoms with Crippen molar-refractivity contribution in [2.75, 3.05) is 7.05 Å². The average molecular weight is 363 g/mol. The van der Waals surface area contributed by atoms with Crippen LogP contribution in [0.5, 0.6) is 0 Å². The SMILES string of the molecule is [B][B]N(C)Sc1ccccc1-c1ccc(CN(C(C)=O)C(C)C)cc1C. The minimum absolute atomic E-state index is 0.101. The Labute approximate surface area is 163 Å². The molecule has 3 nitrogen and oxygen atoms in total. The lowest BCUT2D eigenvalue weighted by Gasteiger charge is -2.26. The first-order chi connectivity index (χ1) is 12.3. The van der Waals surface area contributed by atoms with Crippen LogP contribution in [0.4, 0.5) is 0 Å². The van der Waals surface area contributed by atoms with Crippen molar-refractivity contribution in [3.05, 3.63) is 53.6 Å². The van der Waals surface area contributed by atoms with Crippen LogP contribution < -0.4 is 0 Å². The third-order valence-electron chi connectivity index (χ3n) is 4.30. The first-order valence-corrected chi connectivity index (χ1v) is 9.52. The van der Waals surface area contributed by atoms with Gasteiger partial charge in [-0.3, -0.25) is 4.79 Å². The van der Waals surface area contributed by atoms with Crippen molar-refractivity contribution < 1.29 is 4.79 Å². The quantitative estimate of drug-likeness (QED) is 0.548. The van der Waals surface area contributed by atoms with Gasteiger partial charge in [0.15, 0.2) is 7.31 Å². The van der Waals surface area contributed by atoms with Crippen molar-refractivity contribution in [3.63, 3.8) is 0 Å². The minimum Gasteiger partial charge on any atom is -0.336 e. The summed E-state index contributed by atoms with van der Waals surface area (Å²) in [5.41, 5.74) is 4.72. The molecule has 0 spiro atoms. The molecule has 133 valence electrons. The van der Waals surface area contributed by atoms with Crippen molar-refractivity contribution >= 4 is 32.9 Å². The van der Waals surface area contributed by atoms with Gasteiger partial charge in [0.25, 0.3) is 0 Å². The van der Waals surface area contributed by atoms with Gasteiger partial charge in [-0.2, -0.15) is 0 Å².